The second-order valence-corrected chi connectivity index (χ2v) is 9.87. The summed E-state index contributed by atoms with van der Waals surface area (Å²) in [5.41, 5.74) is 3.27. The summed E-state index contributed by atoms with van der Waals surface area (Å²) < 4.78 is 43.2. The Kier molecular flexibility index (Phi) is 8.51. The van der Waals surface area contributed by atoms with Crippen LogP contribution in [0.3, 0.4) is 0 Å². The van der Waals surface area contributed by atoms with Crippen molar-refractivity contribution in [2.75, 3.05) is 26.4 Å². The van der Waals surface area contributed by atoms with Gasteiger partial charge in [0.1, 0.15) is 13.2 Å². The van der Waals surface area contributed by atoms with Crippen molar-refractivity contribution in [1.82, 2.24) is 10.0 Å². The summed E-state index contributed by atoms with van der Waals surface area (Å²) in [6.45, 7) is 6.31. The lowest BCUT2D eigenvalue weighted by Crippen LogP contribution is -2.31. The number of aryl methyl sites for hydroxylation is 2. The van der Waals surface area contributed by atoms with Crippen molar-refractivity contribution < 1.29 is 32.2 Å². The zero-order chi connectivity index (χ0) is 24.7. The van der Waals surface area contributed by atoms with E-state index in [9.17, 15) is 18.0 Å². The van der Waals surface area contributed by atoms with Gasteiger partial charge in [-0.1, -0.05) is 18.2 Å². The van der Waals surface area contributed by atoms with Crippen LogP contribution >= 0.6 is 0 Å². The summed E-state index contributed by atoms with van der Waals surface area (Å²) in [6, 6.07) is 10.1. The molecule has 1 heterocycles. The summed E-state index contributed by atoms with van der Waals surface area (Å²) >= 11 is 0. The van der Waals surface area contributed by atoms with Gasteiger partial charge in [0, 0.05) is 19.0 Å². The van der Waals surface area contributed by atoms with Crippen molar-refractivity contribution in [1.29, 1.82) is 0 Å². The van der Waals surface area contributed by atoms with E-state index in [0.29, 0.717) is 24.7 Å². The fourth-order valence-electron chi connectivity index (χ4n) is 3.33. The van der Waals surface area contributed by atoms with Crippen molar-refractivity contribution in [3.05, 3.63) is 53.1 Å². The average molecular weight is 491 g/mol. The van der Waals surface area contributed by atoms with E-state index < -0.39 is 28.5 Å². The standard InChI is InChI=1S/C24H30N2O7S/c1-16-6-7-19(13-17(16)2)18(3)26-23(27)15-33-24(28)5-4-10-25-34(29,30)20-8-9-21-22(14-20)32-12-11-31-21/h6-9,13-14,18,25H,4-5,10-12,15H2,1-3H3,(H,26,27). The summed E-state index contributed by atoms with van der Waals surface area (Å²) in [5.74, 6) is -0.103. The molecule has 0 radical (unpaired) electrons. The molecule has 1 amide bonds. The number of esters is 1. The molecule has 0 aliphatic carbocycles. The molecule has 0 spiro atoms. The van der Waals surface area contributed by atoms with Gasteiger partial charge in [0.2, 0.25) is 10.0 Å². The van der Waals surface area contributed by atoms with Gasteiger partial charge >= 0.3 is 5.97 Å². The van der Waals surface area contributed by atoms with E-state index in [0.717, 1.165) is 11.1 Å². The Morgan fingerprint density at radius 2 is 1.76 bits per heavy atom. The second-order valence-electron chi connectivity index (χ2n) is 8.10. The van der Waals surface area contributed by atoms with Crippen LogP contribution in [0.25, 0.3) is 0 Å². The van der Waals surface area contributed by atoms with Gasteiger partial charge in [-0.2, -0.15) is 0 Å². The maximum absolute atomic E-state index is 12.5. The Morgan fingerprint density at radius 3 is 2.50 bits per heavy atom. The minimum atomic E-state index is -3.76. The Labute approximate surface area is 199 Å². The highest BCUT2D eigenvalue weighted by molar-refractivity contribution is 7.89. The SMILES string of the molecule is Cc1ccc(C(C)NC(=O)COC(=O)CCCNS(=O)(=O)c2ccc3c(c2)OCCO3)cc1C. The topological polar surface area (TPSA) is 120 Å². The number of benzene rings is 2. The molecule has 184 valence electrons. The molecule has 0 saturated heterocycles. The molecule has 34 heavy (non-hydrogen) atoms. The van der Waals surface area contributed by atoms with E-state index in [1.165, 1.54) is 17.7 Å². The lowest BCUT2D eigenvalue weighted by atomic mass is 10.0. The number of fused-ring (bicyclic) bond motifs is 1. The molecular formula is C24H30N2O7S. The summed E-state index contributed by atoms with van der Waals surface area (Å²) in [4.78, 5) is 24.1. The first-order chi connectivity index (χ1) is 16.2. The van der Waals surface area contributed by atoms with Gasteiger partial charge < -0.3 is 19.5 Å². The molecule has 9 nitrogen and oxygen atoms in total. The molecule has 1 unspecified atom stereocenters. The summed E-state index contributed by atoms with van der Waals surface area (Å²) in [5, 5.41) is 2.80. The zero-order valence-electron chi connectivity index (χ0n) is 19.6. The predicted octanol–water partition coefficient (Wildman–Crippen LogP) is 2.55. The van der Waals surface area contributed by atoms with Crippen LogP contribution in [0.15, 0.2) is 41.3 Å². The van der Waals surface area contributed by atoms with Crippen molar-refractivity contribution in [3.63, 3.8) is 0 Å². The predicted molar refractivity (Wildman–Crippen MR) is 125 cm³/mol. The number of carbonyl (C=O) groups is 2. The first kappa shape index (κ1) is 25.5. The minimum Gasteiger partial charge on any atom is -0.486 e. The Balaban J connectivity index is 1.37. The van der Waals surface area contributed by atoms with E-state index in [1.54, 1.807) is 6.07 Å². The van der Waals surface area contributed by atoms with Crippen LogP contribution in [0.4, 0.5) is 0 Å². The summed E-state index contributed by atoms with van der Waals surface area (Å²) in [7, 11) is -3.76. The number of hydrogen-bond donors (Lipinski definition) is 2. The number of rotatable bonds is 10. The van der Waals surface area contributed by atoms with Gasteiger partial charge in [-0.15, -0.1) is 0 Å². The Hall–Kier alpha value is -3.11. The number of hydrogen-bond acceptors (Lipinski definition) is 7. The monoisotopic (exact) mass is 490 g/mol. The largest absolute Gasteiger partial charge is 0.486 e. The molecule has 3 rings (SSSR count). The van der Waals surface area contributed by atoms with E-state index in [-0.39, 0.29) is 30.3 Å². The zero-order valence-corrected chi connectivity index (χ0v) is 20.4. The molecule has 2 aromatic rings. The number of nitrogens with one attached hydrogen (secondary N) is 2. The maximum Gasteiger partial charge on any atom is 0.306 e. The second kappa shape index (κ2) is 11.3. The number of ether oxygens (including phenoxy) is 3. The fourth-order valence-corrected chi connectivity index (χ4v) is 4.42. The smallest absolute Gasteiger partial charge is 0.306 e. The van der Waals surface area contributed by atoms with Gasteiger partial charge in [-0.3, -0.25) is 9.59 Å². The fraction of sp³-hybridized carbons (Fsp3) is 0.417. The molecule has 0 fully saturated rings. The van der Waals surface area contributed by atoms with Crippen LogP contribution < -0.4 is 19.5 Å². The van der Waals surface area contributed by atoms with Gasteiger partial charge in [0.05, 0.1) is 10.9 Å². The van der Waals surface area contributed by atoms with Crippen LogP contribution in [0.1, 0.15) is 42.5 Å². The van der Waals surface area contributed by atoms with E-state index in [4.69, 9.17) is 14.2 Å². The molecule has 10 heteroatoms. The third-order valence-corrected chi connectivity index (χ3v) is 6.91. The number of carbonyl (C=O) groups excluding carboxylic acids is 2. The third kappa shape index (κ3) is 6.94. The molecule has 0 saturated carbocycles. The highest BCUT2D eigenvalue weighted by Gasteiger charge is 2.19. The lowest BCUT2D eigenvalue weighted by molar-refractivity contribution is -0.148. The van der Waals surface area contributed by atoms with Crippen LogP contribution in [0, 0.1) is 13.8 Å². The van der Waals surface area contributed by atoms with Gasteiger partial charge in [-0.05, 0) is 56.0 Å². The van der Waals surface area contributed by atoms with Crippen LogP contribution in [0.5, 0.6) is 11.5 Å². The van der Waals surface area contributed by atoms with Crippen molar-refractivity contribution in [2.45, 2.75) is 44.6 Å². The van der Waals surface area contributed by atoms with Crippen LogP contribution in [-0.2, 0) is 24.3 Å². The first-order valence-corrected chi connectivity index (χ1v) is 12.6. The molecule has 2 N–H and O–H groups in total. The van der Waals surface area contributed by atoms with Crippen molar-refractivity contribution in [3.8, 4) is 11.5 Å². The van der Waals surface area contributed by atoms with Crippen molar-refractivity contribution in [2.24, 2.45) is 0 Å². The average Bonchev–Trinajstić information content (AvgIpc) is 2.82. The minimum absolute atomic E-state index is 0.0242. The molecular weight excluding hydrogens is 460 g/mol. The molecule has 1 atom stereocenters. The van der Waals surface area contributed by atoms with Crippen LogP contribution in [-0.4, -0.2) is 46.7 Å². The normalized spacial score (nSPS) is 13.7. The van der Waals surface area contributed by atoms with E-state index in [1.807, 2.05) is 39.0 Å². The maximum atomic E-state index is 12.5. The van der Waals surface area contributed by atoms with E-state index in [2.05, 4.69) is 10.0 Å². The van der Waals surface area contributed by atoms with Gasteiger partial charge in [0.25, 0.3) is 5.91 Å². The number of amides is 1. The van der Waals surface area contributed by atoms with Gasteiger partial charge in [0.15, 0.2) is 18.1 Å². The van der Waals surface area contributed by atoms with E-state index >= 15 is 0 Å². The molecule has 2 aromatic carbocycles. The van der Waals surface area contributed by atoms with Crippen LogP contribution in [0.2, 0.25) is 0 Å². The molecule has 1 aliphatic heterocycles. The Bertz CT molecular complexity index is 1150. The Morgan fingerprint density at radius 1 is 1.03 bits per heavy atom. The third-order valence-electron chi connectivity index (χ3n) is 5.45. The highest BCUT2D eigenvalue weighted by Crippen LogP contribution is 2.32. The number of sulfonamides is 1. The first-order valence-electron chi connectivity index (χ1n) is 11.1. The van der Waals surface area contributed by atoms with Gasteiger partial charge in [-0.25, -0.2) is 13.1 Å². The molecule has 0 aromatic heterocycles. The quantitative estimate of drug-likeness (QED) is 0.388. The highest BCUT2D eigenvalue weighted by atomic mass is 32.2. The van der Waals surface area contributed by atoms with Crippen molar-refractivity contribution >= 4 is 21.9 Å². The molecule has 1 aliphatic rings. The summed E-state index contributed by atoms with van der Waals surface area (Å²) in [6.07, 6.45) is 0.201. The lowest BCUT2D eigenvalue weighted by Gasteiger charge is -2.18. The molecule has 0 bridgehead atoms.